The molecule has 0 saturated carbocycles. The lowest BCUT2D eigenvalue weighted by atomic mass is 9.95. The maximum absolute atomic E-state index is 11.8. The fourth-order valence-electron chi connectivity index (χ4n) is 2.76. The lowest BCUT2D eigenvalue weighted by molar-refractivity contribution is -0.143. The van der Waals surface area contributed by atoms with Crippen LogP contribution < -0.4 is 9.47 Å². The third kappa shape index (κ3) is 6.81. The molecule has 2 rings (SSSR count). The van der Waals surface area contributed by atoms with Gasteiger partial charge in [0, 0.05) is 5.92 Å². The summed E-state index contributed by atoms with van der Waals surface area (Å²) >= 11 is 0. The number of carbonyl (C=O) groups excluding carboxylic acids is 1. The summed E-state index contributed by atoms with van der Waals surface area (Å²) in [5, 5.41) is 0. The highest BCUT2D eigenvalue weighted by atomic mass is 16.5. The first-order valence-corrected chi connectivity index (χ1v) is 9.39. The molecule has 0 N–H and O–H groups in total. The summed E-state index contributed by atoms with van der Waals surface area (Å²) in [5.41, 5.74) is 2.14. The maximum Gasteiger partial charge on any atom is 0.306 e. The molecular formula is C23H28O4. The lowest BCUT2D eigenvalue weighted by Gasteiger charge is -2.14. The predicted molar refractivity (Wildman–Crippen MR) is 107 cm³/mol. The normalized spacial score (nSPS) is 12.0. The molecule has 0 aliphatic rings. The van der Waals surface area contributed by atoms with Crippen LogP contribution in [0.2, 0.25) is 0 Å². The van der Waals surface area contributed by atoms with Crippen LogP contribution in [0.4, 0.5) is 0 Å². The third-order valence-electron chi connectivity index (χ3n) is 4.06. The van der Waals surface area contributed by atoms with E-state index in [4.69, 9.17) is 14.2 Å². The summed E-state index contributed by atoms with van der Waals surface area (Å²) in [6.07, 6.45) is 4.32. The molecular weight excluding hydrogens is 340 g/mol. The van der Waals surface area contributed by atoms with Gasteiger partial charge in [0.25, 0.3) is 0 Å². The number of hydrogen-bond acceptors (Lipinski definition) is 4. The molecule has 4 nitrogen and oxygen atoms in total. The minimum absolute atomic E-state index is 0.00853. The van der Waals surface area contributed by atoms with Gasteiger partial charge in [-0.1, -0.05) is 36.4 Å². The van der Waals surface area contributed by atoms with Crippen LogP contribution in [0.3, 0.4) is 0 Å². The van der Waals surface area contributed by atoms with E-state index in [1.807, 2.05) is 81.5 Å². The van der Waals surface area contributed by atoms with Crippen LogP contribution in [0.5, 0.6) is 11.5 Å². The van der Waals surface area contributed by atoms with Crippen molar-refractivity contribution in [3.05, 3.63) is 71.8 Å². The van der Waals surface area contributed by atoms with Gasteiger partial charge in [0.1, 0.15) is 18.1 Å². The average molecular weight is 368 g/mol. The third-order valence-corrected chi connectivity index (χ3v) is 4.06. The standard InChI is InChI=1S/C23H28O4/c1-4-7-20(16-23(24)26-6-3)19-10-14-22(15-11-19)27-17-18-8-12-21(13-9-18)25-5-2/h4,7-15,20H,5-6,16-17H2,1-3H3/t20-/m1/s1. The van der Waals surface area contributed by atoms with Gasteiger partial charge in [0.2, 0.25) is 0 Å². The van der Waals surface area contributed by atoms with E-state index in [1.165, 1.54) is 0 Å². The van der Waals surface area contributed by atoms with Crippen molar-refractivity contribution >= 4 is 5.97 Å². The summed E-state index contributed by atoms with van der Waals surface area (Å²) in [5.74, 6) is 1.48. The zero-order chi connectivity index (χ0) is 19.5. The molecule has 0 bridgehead atoms. The van der Waals surface area contributed by atoms with Crippen molar-refractivity contribution in [2.24, 2.45) is 0 Å². The van der Waals surface area contributed by atoms with Crippen molar-refractivity contribution in [2.75, 3.05) is 13.2 Å². The van der Waals surface area contributed by atoms with E-state index in [9.17, 15) is 4.79 Å². The molecule has 2 aromatic rings. The van der Waals surface area contributed by atoms with Gasteiger partial charge in [-0.3, -0.25) is 4.79 Å². The molecule has 0 fully saturated rings. The molecule has 0 heterocycles. The molecule has 0 unspecified atom stereocenters. The summed E-state index contributed by atoms with van der Waals surface area (Å²) in [6, 6.07) is 15.8. The number of benzene rings is 2. The Hall–Kier alpha value is -2.75. The smallest absolute Gasteiger partial charge is 0.306 e. The van der Waals surface area contributed by atoms with Crippen LogP contribution in [-0.4, -0.2) is 19.2 Å². The fraction of sp³-hybridized carbons (Fsp3) is 0.348. The topological polar surface area (TPSA) is 44.8 Å². The summed E-state index contributed by atoms with van der Waals surface area (Å²) in [4.78, 5) is 11.8. The molecule has 27 heavy (non-hydrogen) atoms. The van der Waals surface area contributed by atoms with Crippen molar-refractivity contribution in [2.45, 2.75) is 39.7 Å². The van der Waals surface area contributed by atoms with Gasteiger partial charge in [0.15, 0.2) is 0 Å². The monoisotopic (exact) mass is 368 g/mol. The average Bonchev–Trinajstić information content (AvgIpc) is 2.68. The van der Waals surface area contributed by atoms with E-state index in [-0.39, 0.29) is 11.9 Å². The number of rotatable bonds is 10. The van der Waals surface area contributed by atoms with Gasteiger partial charge in [-0.2, -0.15) is 0 Å². The van der Waals surface area contributed by atoms with Gasteiger partial charge in [0.05, 0.1) is 19.6 Å². The summed E-state index contributed by atoms with van der Waals surface area (Å²) in [6.45, 7) is 7.29. The highest BCUT2D eigenvalue weighted by molar-refractivity contribution is 5.71. The minimum Gasteiger partial charge on any atom is -0.494 e. The Morgan fingerprint density at radius 2 is 1.56 bits per heavy atom. The first-order valence-electron chi connectivity index (χ1n) is 9.39. The van der Waals surface area contributed by atoms with Crippen LogP contribution >= 0.6 is 0 Å². The lowest BCUT2D eigenvalue weighted by Crippen LogP contribution is -2.09. The van der Waals surface area contributed by atoms with Gasteiger partial charge in [-0.05, 0) is 56.2 Å². The van der Waals surface area contributed by atoms with Gasteiger partial charge < -0.3 is 14.2 Å². The van der Waals surface area contributed by atoms with Crippen molar-refractivity contribution in [3.8, 4) is 11.5 Å². The Labute approximate surface area is 161 Å². The molecule has 0 amide bonds. The molecule has 144 valence electrons. The van der Waals surface area contributed by atoms with Crippen molar-refractivity contribution in [1.29, 1.82) is 0 Å². The molecule has 0 radical (unpaired) electrons. The van der Waals surface area contributed by atoms with Gasteiger partial charge in [-0.15, -0.1) is 0 Å². The predicted octanol–water partition coefficient (Wildman–Crippen LogP) is 5.28. The second-order valence-electron chi connectivity index (χ2n) is 6.08. The van der Waals surface area contributed by atoms with E-state index in [0.717, 1.165) is 22.6 Å². The SMILES string of the molecule is CC=C[C@H](CC(=O)OCC)c1ccc(OCc2ccc(OCC)cc2)cc1. The summed E-state index contributed by atoms with van der Waals surface area (Å²) < 4.78 is 16.4. The Kier molecular flexibility index (Phi) is 8.43. The zero-order valence-electron chi connectivity index (χ0n) is 16.3. The Balaban J connectivity index is 1.95. The first kappa shape index (κ1) is 20.6. The van der Waals surface area contributed by atoms with E-state index in [2.05, 4.69) is 0 Å². The number of carbonyl (C=O) groups is 1. The molecule has 1 atom stereocenters. The van der Waals surface area contributed by atoms with E-state index in [0.29, 0.717) is 26.2 Å². The van der Waals surface area contributed by atoms with Crippen LogP contribution in [0, 0.1) is 0 Å². The largest absolute Gasteiger partial charge is 0.494 e. The highest BCUT2D eigenvalue weighted by Gasteiger charge is 2.14. The van der Waals surface area contributed by atoms with Gasteiger partial charge in [-0.25, -0.2) is 0 Å². The zero-order valence-corrected chi connectivity index (χ0v) is 16.3. The Morgan fingerprint density at radius 1 is 0.926 bits per heavy atom. The summed E-state index contributed by atoms with van der Waals surface area (Å²) in [7, 11) is 0. The van der Waals surface area contributed by atoms with E-state index in [1.54, 1.807) is 0 Å². The maximum atomic E-state index is 11.8. The van der Waals surface area contributed by atoms with Gasteiger partial charge >= 0.3 is 5.97 Å². The second-order valence-corrected chi connectivity index (χ2v) is 6.08. The highest BCUT2D eigenvalue weighted by Crippen LogP contribution is 2.25. The number of hydrogen-bond donors (Lipinski definition) is 0. The van der Waals surface area contributed by atoms with E-state index >= 15 is 0 Å². The molecule has 0 saturated heterocycles. The molecule has 2 aromatic carbocycles. The Morgan fingerprint density at radius 3 is 2.15 bits per heavy atom. The second kappa shape index (κ2) is 11.1. The van der Waals surface area contributed by atoms with Crippen LogP contribution in [0.1, 0.15) is 44.2 Å². The minimum atomic E-state index is -0.184. The molecule has 0 spiro atoms. The quantitative estimate of drug-likeness (QED) is 0.423. The molecule has 0 aliphatic carbocycles. The number of esters is 1. The molecule has 0 aromatic heterocycles. The van der Waals surface area contributed by atoms with Crippen molar-refractivity contribution < 1.29 is 19.0 Å². The van der Waals surface area contributed by atoms with Crippen molar-refractivity contribution in [1.82, 2.24) is 0 Å². The van der Waals surface area contributed by atoms with Crippen LogP contribution in [-0.2, 0) is 16.1 Å². The first-order chi connectivity index (χ1) is 13.2. The van der Waals surface area contributed by atoms with Crippen LogP contribution in [0.25, 0.3) is 0 Å². The fourth-order valence-corrected chi connectivity index (χ4v) is 2.76. The number of allylic oxidation sites excluding steroid dienone is 2. The van der Waals surface area contributed by atoms with Crippen molar-refractivity contribution in [3.63, 3.8) is 0 Å². The van der Waals surface area contributed by atoms with Crippen LogP contribution in [0.15, 0.2) is 60.7 Å². The molecule has 0 aliphatic heterocycles. The Bertz CT molecular complexity index is 717. The van der Waals surface area contributed by atoms with E-state index < -0.39 is 0 Å². The number of ether oxygens (including phenoxy) is 3. The molecule has 4 heteroatoms.